The van der Waals surface area contributed by atoms with Crippen molar-refractivity contribution in [2.75, 3.05) is 18.4 Å². The van der Waals surface area contributed by atoms with Crippen molar-refractivity contribution in [2.24, 2.45) is 11.8 Å². The van der Waals surface area contributed by atoms with Crippen LogP contribution in [0.4, 0.5) is 11.4 Å². The number of benzene rings is 1. The van der Waals surface area contributed by atoms with E-state index in [4.69, 9.17) is 0 Å². The van der Waals surface area contributed by atoms with Crippen LogP contribution in [0.15, 0.2) is 30.4 Å². The molecule has 0 unspecified atom stereocenters. The number of nitrogens with zero attached hydrogens (tertiary/aromatic N) is 2. The Morgan fingerprint density at radius 3 is 2.38 bits per heavy atom. The summed E-state index contributed by atoms with van der Waals surface area (Å²) >= 11 is 0. The molecule has 26 heavy (non-hydrogen) atoms. The van der Waals surface area contributed by atoms with E-state index in [0.29, 0.717) is 12.8 Å². The van der Waals surface area contributed by atoms with E-state index in [0.717, 1.165) is 6.07 Å². The second kappa shape index (κ2) is 6.95. The predicted molar refractivity (Wildman–Crippen MR) is 90.6 cm³/mol. The molecule has 1 fully saturated rings. The van der Waals surface area contributed by atoms with E-state index in [2.05, 4.69) is 5.32 Å². The second-order valence-electron chi connectivity index (χ2n) is 6.20. The molecule has 136 valence electrons. The quantitative estimate of drug-likeness (QED) is 0.342. The van der Waals surface area contributed by atoms with Gasteiger partial charge in [-0.3, -0.25) is 24.6 Å². The SMILES string of the molecule is O=C(O)c1cc([N+](=O)[O-])ccc1NCCN1C(=O)[C@H]2CC=CC[C@@H]2C1=O. The van der Waals surface area contributed by atoms with Gasteiger partial charge in [-0.25, -0.2) is 4.79 Å². The summed E-state index contributed by atoms with van der Waals surface area (Å²) in [6.45, 7) is 0.267. The Bertz CT molecular complexity index is 793. The van der Waals surface area contributed by atoms with Crippen LogP contribution in [0, 0.1) is 22.0 Å². The molecule has 3 rings (SSSR count). The number of amides is 2. The number of non-ortho nitro benzene ring substituents is 1. The highest BCUT2D eigenvalue weighted by Crippen LogP contribution is 2.34. The van der Waals surface area contributed by atoms with Crippen molar-refractivity contribution in [1.82, 2.24) is 4.90 Å². The average Bonchev–Trinajstić information content (AvgIpc) is 2.86. The van der Waals surface area contributed by atoms with E-state index < -0.39 is 10.9 Å². The number of hydrogen-bond donors (Lipinski definition) is 2. The van der Waals surface area contributed by atoms with Gasteiger partial charge < -0.3 is 10.4 Å². The van der Waals surface area contributed by atoms with Gasteiger partial charge in [-0.15, -0.1) is 0 Å². The largest absolute Gasteiger partial charge is 0.478 e. The van der Waals surface area contributed by atoms with Crippen LogP contribution in [0.2, 0.25) is 0 Å². The maximum absolute atomic E-state index is 12.4. The van der Waals surface area contributed by atoms with Crippen LogP contribution in [-0.2, 0) is 9.59 Å². The molecule has 2 aliphatic rings. The summed E-state index contributed by atoms with van der Waals surface area (Å²) in [5, 5.41) is 22.8. The Morgan fingerprint density at radius 1 is 1.23 bits per heavy atom. The molecule has 0 radical (unpaired) electrons. The van der Waals surface area contributed by atoms with Gasteiger partial charge in [-0.1, -0.05) is 12.2 Å². The van der Waals surface area contributed by atoms with Gasteiger partial charge in [0, 0.05) is 30.9 Å². The van der Waals surface area contributed by atoms with Crippen molar-refractivity contribution < 1.29 is 24.4 Å². The van der Waals surface area contributed by atoms with Gasteiger partial charge in [0.15, 0.2) is 0 Å². The smallest absolute Gasteiger partial charge is 0.338 e. The molecule has 2 amide bonds. The lowest BCUT2D eigenvalue weighted by atomic mass is 9.85. The summed E-state index contributed by atoms with van der Waals surface area (Å²) < 4.78 is 0. The first-order chi connectivity index (χ1) is 12.4. The van der Waals surface area contributed by atoms with Gasteiger partial charge in [-0.2, -0.15) is 0 Å². The molecule has 1 saturated heterocycles. The third-order valence-corrected chi connectivity index (χ3v) is 4.69. The highest BCUT2D eigenvalue weighted by molar-refractivity contribution is 6.05. The number of carbonyl (C=O) groups is 3. The molecule has 2 atom stereocenters. The van der Waals surface area contributed by atoms with E-state index in [-0.39, 0.29) is 53.7 Å². The monoisotopic (exact) mass is 359 g/mol. The number of nitrogens with one attached hydrogen (secondary N) is 1. The average molecular weight is 359 g/mol. The number of anilines is 1. The topological polar surface area (TPSA) is 130 Å². The van der Waals surface area contributed by atoms with E-state index in [1.807, 2.05) is 12.2 Å². The number of allylic oxidation sites excluding steroid dienone is 2. The molecule has 1 heterocycles. The second-order valence-corrected chi connectivity index (χ2v) is 6.20. The molecule has 1 aromatic carbocycles. The Kier molecular flexibility index (Phi) is 4.70. The molecule has 0 saturated carbocycles. The molecule has 1 aromatic rings. The maximum atomic E-state index is 12.4. The molecular weight excluding hydrogens is 342 g/mol. The number of imide groups is 1. The number of carboxylic acids is 1. The molecule has 1 aliphatic carbocycles. The van der Waals surface area contributed by atoms with Crippen LogP contribution >= 0.6 is 0 Å². The lowest BCUT2D eigenvalue weighted by molar-refractivity contribution is -0.384. The third kappa shape index (κ3) is 3.15. The van der Waals surface area contributed by atoms with Crippen molar-refractivity contribution in [3.05, 3.63) is 46.0 Å². The van der Waals surface area contributed by atoms with E-state index in [9.17, 15) is 29.6 Å². The van der Waals surface area contributed by atoms with Crippen LogP contribution in [0.5, 0.6) is 0 Å². The van der Waals surface area contributed by atoms with Crippen molar-refractivity contribution in [3.63, 3.8) is 0 Å². The molecule has 1 aliphatic heterocycles. The molecule has 0 aromatic heterocycles. The minimum Gasteiger partial charge on any atom is -0.478 e. The Balaban J connectivity index is 1.67. The predicted octanol–water partition coefficient (Wildman–Crippen LogP) is 1.66. The molecule has 0 bridgehead atoms. The fourth-order valence-corrected chi connectivity index (χ4v) is 3.37. The van der Waals surface area contributed by atoms with Crippen LogP contribution < -0.4 is 5.32 Å². The van der Waals surface area contributed by atoms with Gasteiger partial charge >= 0.3 is 5.97 Å². The van der Waals surface area contributed by atoms with Gasteiger partial charge in [0.2, 0.25) is 11.8 Å². The number of fused-ring (bicyclic) bond motifs is 1. The fraction of sp³-hybridized carbons (Fsp3) is 0.353. The highest BCUT2D eigenvalue weighted by atomic mass is 16.6. The van der Waals surface area contributed by atoms with E-state index in [1.54, 1.807) is 0 Å². The van der Waals surface area contributed by atoms with E-state index in [1.165, 1.54) is 17.0 Å². The van der Waals surface area contributed by atoms with Crippen molar-refractivity contribution in [3.8, 4) is 0 Å². The number of likely N-dealkylation sites (tertiary alicyclic amines) is 1. The summed E-state index contributed by atoms with van der Waals surface area (Å²) in [7, 11) is 0. The van der Waals surface area contributed by atoms with Gasteiger partial charge in [0.1, 0.15) is 0 Å². The zero-order chi connectivity index (χ0) is 18.8. The Labute approximate surface area is 148 Å². The third-order valence-electron chi connectivity index (χ3n) is 4.69. The molecule has 0 spiro atoms. The molecule has 9 heteroatoms. The van der Waals surface area contributed by atoms with Crippen molar-refractivity contribution in [1.29, 1.82) is 0 Å². The zero-order valence-electron chi connectivity index (χ0n) is 13.8. The van der Waals surface area contributed by atoms with Crippen LogP contribution in [0.1, 0.15) is 23.2 Å². The summed E-state index contributed by atoms with van der Waals surface area (Å²) in [4.78, 5) is 47.3. The van der Waals surface area contributed by atoms with Crippen LogP contribution in [0.25, 0.3) is 0 Å². The fourth-order valence-electron chi connectivity index (χ4n) is 3.37. The molecule has 9 nitrogen and oxygen atoms in total. The number of carbonyl (C=O) groups excluding carboxylic acids is 2. The lowest BCUT2D eigenvalue weighted by Crippen LogP contribution is -2.35. The summed E-state index contributed by atoms with van der Waals surface area (Å²) in [6.07, 6.45) is 4.93. The number of hydrogen-bond acceptors (Lipinski definition) is 6. The minimum atomic E-state index is -1.30. The molecule has 2 N–H and O–H groups in total. The minimum absolute atomic E-state index is 0.112. The zero-order valence-corrected chi connectivity index (χ0v) is 13.8. The van der Waals surface area contributed by atoms with Gasteiger partial charge in [-0.05, 0) is 18.9 Å². The Hall–Kier alpha value is -3.23. The normalized spacial score (nSPS) is 21.6. The standard InChI is InChI=1S/C17H17N3O6/c21-15-11-3-1-2-4-12(11)16(22)19(15)8-7-18-14-6-5-10(20(25)26)9-13(14)17(23)24/h1-2,5-6,9,11-12,18H,3-4,7-8H2,(H,23,24)/t11-,12-/m0/s1. The lowest BCUT2D eigenvalue weighted by Gasteiger charge is -2.16. The number of nitro groups is 1. The Morgan fingerprint density at radius 2 is 1.85 bits per heavy atom. The number of carboxylic acid groups (broad SMARTS) is 1. The number of aromatic carboxylic acids is 1. The van der Waals surface area contributed by atoms with Crippen molar-refractivity contribution in [2.45, 2.75) is 12.8 Å². The number of nitro benzene ring substituents is 1. The number of rotatable bonds is 6. The first-order valence-electron chi connectivity index (χ1n) is 8.16. The van der Waals surface area contributed by atoms with Crippen LogP contribution in [-0.4, -0.2) is 45.8 Å². The summed E-state index contributed by atoms with van der Waals surface area (Å²) in [5.41, 5.74) is -0.369. The van der Waals surface area contributed by atoms with Crippen molar-refractivity contribution >= 4 is 29.2 Å². The first kappa shape index (κ1) is 17.6. The summed E-state index contributed by atoms with van der Waals surface area (Å²) in [6, 6.07) is 3.47. The maximum Gasteiger partial charge on any atom is 0.338 e. The first-order valence-corrected chi connectivity index (χ1v) is 8.16. The van der Waals surface area contributed by atoms with Gasteiger partial charge in [0.25, 0.3) is 5.69 Å². The highest BCUT2D eigenvalue weighted by Gasteiger charge is 2.46. The van der Waals surface area contributed by atoms with Gasteiger partial charge in [0.05, 0.1) is 22.3 Å². The van der Waals surface area contributed by atoms with E-state index >= 15 is 0 Å². The molecular formula is C17H17N3O6. The summed E-state index contributed by atoms with van der Waals surface area (Å²) in [5.74, 6) is -2.31. The van der Waals surface area contributed by atoms with Crippen LogP contribution in [0.3, 0.4) is 0 Å².